The number of nitrogens with one attached hydrogen (secondary N) is 1. The molecule has 4 N–H and O–H groups in total. The zero-order valence-corrected chi connectivity index (χ0v) is 7.71. The van der Waals surface area contributed by atoms with Crippen LogP contribution in [-0.2, 0) is 4.79 Å². The Morgan fingerprint density at radius 1 is 1.58 bits per heavy atom. The molecule has 4 heteroatoms. The SMILES string of the molecule is CC(C)C(CCO)NCC(N)=O. The van der Waals surface area contributed by atoms with Gasteiger partial charge in [-0.15, -0.1) is 0 Å². The van der Waals surface area contributed by atoms with Crippen LogP contribution in [0.2, 0.25) is 0 Å². The van der Waals surface area contributed by atoms with Crippen LogP contribution in [0.15, 0.2) is 0 Å². The Morgan fingerprint density at radius 3 is 2.50 bits per heavy atom. The normalized spacial score (nSPS) is 13.3. The molecule has 0 aliphatic heterocycles. The van der Waals surface area contributed by atoms with Gasteiger partial charge in [-0.3, -0.25) is 4.79 Å². The van der Waals surface area contributed by atoms with E-state index in [9.17, 15) is 4.79 Å². The molecule has 0 radical (unpaired) electrons. The molecule has 4 nitrogen and oxygen atoms in total. The van der Waals surface area contributed by atoms with Crippen molar-refractivity contribution in [2.45, 2.75) is 26.3 Å². The third-order valence-electron chi connectivity index (χ3n) is 1.78. The monoisotopic (exact) mass is 174 g/mol. The number of carbonyl (C=O) groups excluding carboxylic acids is 1. The fourth-order valence-corrected chi connectivity index (χ4v) is 1.04. The van der Waals surface area contributed by atoms with Gasteiger partial charge in [0.1, 0.15) is 0 Å². The van der Waals surface area contributed by atoms with Gasteiger partial charge in [0.15, 0.2) is 0 Å². The summed E-state index contributed by atoms with van der Waals surface area (Å²) in [6, 6.07) is 0.169. The van der Waals surface area contributed by atoms with Crippen LogP contribution in [0, 0.1) is 5.92 Å². The number of carbonyl (C=O) groups is 1. The Morgan fingerprint density at radius 2 is 2.17 bits per heavy atom. The highest BCUT2D eigenvalue weighted by Gasteiger charge is 2.12. The molecule has 0 aliphatic carbocycles. The smallest absolute Gasteiger partial charge is 0.231 e. The Kier molecular flexibility index (Phi) is 5.66. The van der Waals surface area contributed by atoms with Crippen LogP contribution in [-0.4, -0.2) is 30.2 Å². The van der Waals surface area contributed by atoms with E-state index in [4.69, 9.17) is 10.8 Å². The van der Waals surface area contributed by atoms with Gasteiger partial charge in [0, 0.05) is 12.6 Å². The molecule has 0 saturated carbocycles. The molecule has 1 unspecified atom stereocenters. The first-order valence-electron chi connectivity index (χ1n) is 4.20. The molecule has 0 aliphatic rings. The van der Waals surface area contributed by atoms with E-state index < -0.39 is 0 Å². The van der Waals surface area contributed by atoms with Crippen LogP contribution in [0.5, 0.6) is 0 Å². The summed E-state index contributed by atoms with van der Waals surface area (Å²) in [6.45, 7) is 4.39. The van der Waals surface area contributed by atoms with Crippen molar-refractivity contribution >= 4 is 5.91 Å². The van der Waals surface area contributed by atoms with Gasteiger partial charge in [-0.25, -0.2) is 0 Å². The van der Waals surface area contributed by atoms with E-state index in [1.807, 2.05) is 13.8 Å². The number of rotatable bonds is 6. The van der Waals surface area contributed by atoms with Gasteiger partial charge in [0.25, 0.3) is 0 Å². The van der Waals surface area contributed by atoms with Gasteiger partial charge in [-0.2, -0.15) is 0 Å². The zero-order chi connectivity index (χ0) is 9.56. The second-order valence-electron chi connectivity index (χ2n) is 3.21. The number of amides is 1. The summed E-state index contributed by atoms with van der Waals surface area (Å²) in [5.74, 6) is 0.0371. The van der Waals surface area contributed by atoms with Crippen molar-refractivity contribution in [2.24, 2.45) is 11.7 Å². The van der Waals surface area contributed by atoms with Crippen molar-refractivity contribution in [3.05, 3.63) is 0 Å². The van der Waals surface area contributed by atoms with Crippen molar-refractivity contribution in [1.82, 2.24) is 5.32 Å². The summed E-state index contributed by atoms with van der Waals surface area (Å²) in [4.78, 5) is 10.4. The summed E-state index contributed by atoms with van der Waals surface area (Å²) in [5.41, 5.74) is 4.97. The number of hydrogen-bond donors (Lipinski definition) is 3. The summed E-state index contributed by atoms with van der Waals surface area (Å²) in [6.07, 6.45) is 0.658. The summed E-state index contributed by atoms with van der Waals surface area (Å²) >= 11 is 0. The second kappa shape index (κ2) is 5.97. The molecule has 1 amide bonds. The lowest BCUT2D eigenvalue weighted by Gasteiger charge is -2.20. The maximum atomic E-state index is 10.4. The van der Waals surface area contributed by atoms with Crippen molar-refractivity contribution in [2.75, 3.05) is 13.2 Å². The number of aliphatic hydroxyl groups is 1. The highest BCUT2D eigenvalue weighted by atomic mass is 16.3. The lowest BCUT2D eigenvalue weighted by Crippen LogP contribution is -2.40. The molecule has 0 spiro atoms. The van der Waals surface area contributed by atoms with Crippen molar-refractivity contribution in [1.29, 1.82) is 0 Å². The molecule has 72 valence electrons. The highest BCUT2D eigenvalue weighted by molar-refractivity contribution is 5.75. The standard InChI is InChI=1S/C8H18N2O2/c1-6(2)7(3-4-11)10-5-8(9)12/h6-7,10-11H,3-5H2,1-2H3,(H2,9,12). The van der Waals surface area contributed by atoms with Crippen LogP contribution < -0.4 is 11.1 Å². The molecule has 1 atom stereocenters. The Labute approximate surface area is 73.1 Å². The molecule has 12 heavy (non-hydrogen) atoms. The van der Waals surface area contributed by atoms with E-state index in [1.54, 1.807) is 0 Å². The summed E-state index contributed by atoms with van der Waals surface area (Å²) in [7, 11) is 0. The lowest BCUT2D eigenvalue weighted by atomic mass is 10.0. The number of aliphatic hydroxyl groups excluding tert-OH is 1. The van der Waals surface area contributed by atoms with Gasteiger partial charge >= 0.3 is 0 Å². The third kappa shape index (κ3) is 5.09. The number of nitrogens with two attached hydrogens (primary N) is 1. The van der Waals surface area contributed by atoms with Gasteiger partial charge in [0.2, 0.25) is 5.91 Å². The quantitative estimate of drug-likeness (QED) is 0.506. The minimum atomic E-state index is -0.362. The topological polar surface area (TPSA) is 75.3 Å². The molecule has 0 aromatic heterocycles. The van der Waals surface area contributed by atoms with Crippen molar-refractivity contribution in [3.63, 3.8) is 0 Å². The Bertz CT molecular complexity index is 137. The van der Waals surface area contributed by atoms with Crippen LogP contribution >= 0.6 is 0 Å². The maximum Gasteiger partial charge on any atom is 0.231 e. The number of hydrogen-bond acceptors (Lipinski definition) is 3. The molecule has 0 aromatic carbocycles. The van der Waals surface area contributed by atoms with Crippen molar-refractivity contribution in [3.8, 4) is 0 Å². The molecular formula is C8H18N2O2. The van der Waals surface area contributed by atoms with Crippen LogP contribution in [0.4, 0.5) is 0 Å². The second-order valence-corrected chi connectivity index (χ2v) is 3.21. The molecule has 0 bridgehead atoms. The molecule has 0 aromatic rings. The molecular weight excluding hydrogens is 156 g/mol. The zero-order valence-electron chi connectivity index (χ0n) is 7.71. The first-order valence-corrected chi connectivity index (χ1v) is 4.20. The van der Waals surface area contributed by atoms with Crippen LogP contribution in [0.25, 0.3) is 0 Å². The Balaban J connectivity index is 3.70. The lowest BCUT2D eigenvalue weighted by molar-refractivity contribution is -0.117. The molecule has 0 fully saturated rings. The predicted octanol–water partition coefficient (Wildman–Crippen LogP) is -0.532. The van der Waals surface area contributed by atoms with E-state index in [0.717, 1.165) is 0 Å². The minimum Gasteiger partial charge on any atom is -0.396 e. The van der Waals surface area contributed by atoms with E-state index in [1.165, 1.54) is 0 Å². The van der Waals surface area contributed by atoms with E-state index >= 15 is 0 Å². The first-order chi connectivity index (χ1) is 5.57. The van der Waals surface area contributed by atoms with Crippen molar-refractivity contribution < 1.29 is 9.90 Å². The van der Waals surface area contributed by atoms with Gasteiger partial charge in [-0.05, 0) is 12.3 Å². The fraction of sp³-hybridized carbons (Fsp3) is 0.875. The largest absolute Gasteiger partial charge is 0.396 e. The third-order valence-corrected chi connectivity index (χ3v) is 1.78. The molecule has 0 rings (SSSR count). The summed E-state index contributed by atoms with van der Waals surface area (Å²) < 4.78 is 0. The average molecular weight is 174 g/mol. The molecule has 0 saturated heterocycles. The van der Waals surface area contributed by atoms with E-state index in [0.29, 0.717) is 12.3 Å². The summed E-state index contributed by atoms with van der Waals surface area (Å²) in [5, 5.41) is 11.7. The van der Waals surface area contributed by atoms with Crippen LogP contribution in [0.1, 0.15) is 20.3 Å². The first kappa shape index (κ1) is 11.4. The van der Waals surface area contributed by atoms with E-state index in [-0.39, 0.29) is 25.1 Å². The van der Waals surface area contributed by atoms with Gasteiger partial charge in [0.05, 0.1) is 6.54 Å². The van der Waals surface area contributed by atoms with E-state index in [2.05, 4.69) is 5.32 Å². The Hall–Kier alpha value is -0.610. The number of primary amides is 1. The highest BCUT2D eigenvalue weighted by Crippen LogP contribution is 2.04. The van der Waals surface area contributed by atoms with Gasteiger partial charge < -0.3 is 16.2 Å². The van der Waals surface area contributed by atoms with Crippen LogP contribution in [0.3, 0.4) is 0 Å². The maximum absolute atomic E-state index is 10.4. The predicted molar refractivity (Wildman–Crippen MR) is 47.5 cm³/mol. The fourth-order valence-electron chi connectivity index (χ4n) is 1.04. The molecule has 0 heterocycles. The van der Waals surface area contributed by atoms with Gasteiger partial charge in [-0.1, -0.05) is 13.8 Å². The average Bonchev–Trinajstić information content (AvgIpc) is 1.96. The minimum absolute atomic E-state index is 0.134.